The van der Waals surface area contributed by atoms with Gasteiger partial charge in [0.25, 0.3) is 0 Å². The van der Waals surface area contributed by atoms with Crippen LogP contribution in [0.1, 0.15) is 17.2 Å². The Bertz CT molecular complexity index is 716. The molecule has 1 amide bonds. The van der Waals surface area contributed by atoms with E-state index in [4.69, 9.17) is 5.11 Å². The van der Waals surface area contributed by atoms with Gasteiger partial charge in [-0.25, -0.2) is 4.68 Å². The van der Waals surface area contributed by atoms with Crippen LogP contribution in [0.4, 0.5) is 0 Å². The molecule has 0 fully saturated rings. The van der Waals surface area contributed by atoms with E-state index in [1.54, 1.807) is 11.8 Å². The fourth-order valence-electron chi connectivity index (χ4n) is 2.32. The van der Waals surface area contributed by atoms with Gasteiger partial charge in [0.05, 0.1) is 18.7 Å². The minimum atomic E-state index is -0.986. The first-order valence-corrected chi connectivity index (χ1v) is 7.72. The normalized spacial score (nSPS) is 16.3. The number of rotatable bonds is 5. The minimum absolute atomic E-state index is 0.0507. The number of carboxylic acids is 1. The molecule has 8 heteroatoms. The van der Waals surface area contributed by atoms with Gasteiger partial charge < -0.3 is 10.4 Å². The van der Waals surface area contributed by atoms with E-state index < -0.39 is 5.97 Å². The van der Waals surface area contributed by atoms with Crippen molar-refractivity contribution in [2.75, 3.05) is 5.75 Å². The number of hydrogen-bond acceptors (Lipinski definition) is 5. The Kier molecular flexibility index (Phi) is 4.10. The van der Waals surface area contributed by atoms with Crippen LogP contribution < -0.4 is 5.32 Å². The number of aliphatic carboxylic acids is 1. The van der Waals surface area contributed by atoms with Gasteiger partial charge in [-0.05, 0) is 11.6 Å². The maximum Gasteiger partial charge on any atom is 0.325 e. The van der Waals surface area contributed by atoms with E-state index in [1.807, 2.05) is 24.3 Å². The number of carbonyl (C=O) groups excluding carboxylic acids is 1. The Morgan fingerprint density at radius 1 is 1.41 bits per heavy atom. The molecule has 1 aliphatic rings. The highest BCUT2D eigenvalue weighted by Gasteiger charge is 2.28. The number of amides is 1. The second-order valence-electron chi connectivity index (χ2n) is 4.92. The number of benzene rings is 1. The molecule has 0 saturated heterocycles. The summed E-state index contributed by atoms with van der Waals surface area (Å²) in [5.74, 6) is -0.461. The van der Waals surface area contributed by atoms with Crippen LogP contribution in [0.3, 0.4) is 0 Å². The van der Waals surface area contributed by atoms with Crippen molar-refractivity contribution in [3.63, 3.8) is 0 Å². The number of hydrogen-bond donors (Lipinski definition) is 2. The second kappa shape index (κ2) is 6.18. The van der Waals surface area contributed by atoms with Crippen molar-refractivity contribution >= 4 is 23.6 Å². The van der Waals surface area contributed by atoms with Crippen molar-refractivity contribution in [2.45, 2.75) is 23.9 Å². The molecule has 7 nitrogen and oxygen atoms in total. The third-order valence-corrected chi connectivity index (χ3v) is 4.53. The summed E-state index contributed by atoms with van der Waals surface area (Å²) < 4.78 is 1.23. The molecule has 1 aromatic carbocycles. The third-order valence-electron chi connectivity index (χ3n) is 3.34. The summed E-state index contributed by atoms with van der Waals surface area (Å²) in [5, 5.41) is 19.0. The van der Waals surface area contributed by atoms with Crippen molar-refractivity contribution in [1.29, 1.82) is 0 Å². The highest BCUT2D eigenvalue weighted by atomic mass is 32.2. The number of nitrogens with zero attached hydrogens (tertiary/aromatic N) is 3. The molecule has 2 N–H and O–H groups in total. The largest absolute Gasteiger partial charge is 0.480 e. The molecule has 0 aliphatic carbocycles. The Morgan fingerprint density at radius 2 is 2.23 bits per heavy atom. The summed E-state index contributed by atoms with van der Waals surface area (Å²) in [6.45, 7) is -0.00459. The van der Waals surface area contributed by atoms with Gasteiger partial charge in [0.1, 0.15) is 12.2 Å². The Hall–Kier alpha value is -2.35. The van der Waals surface area contributed by atoms with Gasteiger partial charge in [-0.15, -0.1) is 16.9 Å². The first-order valence-electron chi connectivity index (χ1n) is 6.73. The summed E-state index contributed by atoms with van der Waals surface area (Å²) in [7, 11) is 0. The van der Waals surface area contributed by atoms with Gasteiger partial charge in [-0.2, -0.15) is 0 Å². The summed E-state index contributed by atoms with van der Waals surface area (Å²) >= 11 is 1.68. The van der Waals surface area contributed by atoms with Crippen LogP contribution >= 0.6 is 11.8 Å². The molecule has 1 aliphatic heterocycles. The lowest BCUT2D eigenvalue weighted by Gasteiger charge is -2.10. The zero-order chi connectivity index (χ0) is 15.5. The lowest BCUT2D eigenvalue weighted by Crippen LogP contribution is -2.29. The molecule has 0 radical (unpaired) electrons. The molecule has 0 bridgehead atoms. The maximum atomic E-state index is 12.3. The van der Waals surface area contributed by atoms with Crippen molar-refractivity contribution in [3.05, 3.63) is 41.7 Å². The molecule has 1 aromatic heterocycles. The van der Waals surface area contributed by atoms with E-state index in [9.17, 15) is 9.59 Å². The topological polar surface area (TPSA) is 97.1 Å². The zero-order valence-corrected chi connectivity index (χ0v) is 12.4. The maximum absolute atomic E-state index is 12.3. The fourth-order valence-corrected chi connectivity index (χ4v) is 3.54. The molecule has 1 atom stereocenters. The SMILES string of the molecule is O=C(O)Cn1cc(CNC(=O)C2CSc3ccccc32)nn1. The number of carboxylic acid groups (broad SMARTS) is 1. The fraction of sp³-hybridized carbons (Fsp3) is 0.286. The van der Waals surface area contributed by atoms with Crippen molar-refractivity contribution in [1.82, 2.24) is 20.3 Å². The van der Waals surface area contributed by atoms with E-state index >= 15 is 0 Å². The summed E-state index contributed by atoms with van der Waals surface area (Å²) in [6, 6.07) is 7.89. The Balaban J connectivity index is 1.59. The van der Waals surface area contributed by atoms with E-state index in [0.29, 0.717) is 5.69 Å². The van der Waals surface area contributed by atoms with Gasteiger partial charge in [-0.1, -0.05) is 23.4 Å². The number of fused-ring (bicyclic) bond motifs is 1. The summed E-state index contributed by atoms with van der Waals surface area (Å²) in [4.78, 5) is 24.0. The average Bonchev–Trinajstić information content (AvgIpc) is 3.10. The number of carbonyl (C=O) groups is 2. The molecule has 0 saturated carbocycles. The minimum Gasteiger partial charge on any atom is -0.480 e. The van der Waals surface area contributed by atoms with Gasteiger partial charge in [-0.3, -0.25) is 9.59 Å². The van der Waals surface area contributed by atoms with Gasteiger partial charge in [0, 0.05) is 10.6 Å². The van der Waals surface area contributed by atoms with Gasteiger partial charge in [0.15, 0.2) is 0 Å². The van der Waals surface area contributed by atoms with Crippen molar-refractivity contribution < 1.29 is 14.7 Å². The van der Waals surface area contributed by atoms with Crippen molar-refractivity contribution in [2.24, 2.45) is 0 Å². The Morgan fingerprint density at radius 3 is 3.05 bits per heavy atom. The molecule has 1 unspecified atom stereocenters. The van der Waals surface area contributed by atoms with Crippen LogP contribution in [0.25, 0.3) is 0 Å². The predicted molar refractivity (Wildman–Crippen MR) is 79.4 cm³/mol. The van der Waals surface area contributed by atoms with E-state index in [1.165, 1.54) is 10.9 Å². The highest BCUT2D eigenvalue weighted by Crippen LogP contribution is 2.39. The van der Waals surface area contributed by atoms with E-state index in [-0.39, 0.29) is 24.9 Å². The smallest absolute Gasteiger partial charge is 0.325 e. The average molecular weight is 318 g/mol. The Labute approximate surface area is 130 Å². The molecule has 2 heterocycles. The van der Waals surface area contributed by atoms with Gasteiger partial charge in [0.2, 0.25) is 5.91 Å². The lowest BCUT2D eigenvalue weighted by molar-refractivity contribution is -0.138. The standard InChI is InChI=1S/C14H14N4O3S/c19-13(20)7-18-6-9(16-17-18)5-15-14(21)11-8-22-12-4-2-1-3-10(11)12/h1-4,6,11H,5,7-8H2,(H,15,21)(H,19,20). The monoisotopic (exact) mass is 318 g/mol. The predicted octanol–water partition coefficient (Wildman–Crippen LogP) is 0.868. The zero-order valence-electron chi connectivity index (χ0n) is 11.6. The molecule has 0 spiro atoms. The van der Waals surface area contributed by atoms with E-state index in [2.05, 4.69) is 15.6 Å². The van der Waals surface area contributed by atoms with Crippen molar-refractivity contribution in [3.8, 4) is 0 Å². The van der Waals surface area contributed by atoms with Crippen LogP contribution in [0.2, 0.25) is 0 Å². The van der Waals surface area contributed by atoms with Crippen LogP contribution in [0.15, 0.2) is 35.4 Å². The summed E-state index contributed by atoms with van der Waals surface area (Å²) in [5.41, 5.74) is 1.59. The van der Waals surface area contributed by atoms with Gasteiger partial charge >= 0.3 is 5.97 Å². The highest BCUT2D eigenvalue weighted by molar-refractivity contribution is 7.99. The molecular formula is C14H14N4O3S. The molecule has 3 rings (SSSR count). The van der Waals surface area contributed by atoms with Crippen LogP contribution in [-0.4, -0.2) is 37.7 Å². The number of aromatic nitrogens is 3. The van der Waals surface area contributed by atoms with Crippen LogP contribution in [-0.2, 0) is 22.7 Å². The molecular weight excluding hydrogens is 304 g/mol. The van der Waals surface area contributed by atoms with Crippen LogP contribution in [0, 0.1) is 0 Å². The number of nitrogens with one attached hydrogen (secondary N) is 1. The summed E-state index contributed by atoms with van der Waals surface area (Å²) in [6.07, 6.45) is 1.52. The molecule has 2 aromatic rings. The lowest BCUT2D eigenvalue weighted by atomic mass is 10.0. The van der Waals surface area contributed by atoms with E-state index in [0.717, 1.165) is 16.2 Å². The number of thioether (sulfide) groups is 1. The first kappa shape index (κ1) is 14.6. The van der Waals surface area contributed by atoms with Crippen LogP contribution in [0.5, 0.6) is 0 Å². The quantitative estimate of drug-likeness (QED) is 0.849. The molecule has 114 valence electrons. The molecule has 22 heavy (non-hydrogen) atoms. The first-order chi connectivity index (χ1) is 10.6. The third kappa shape index (κ3) is 3.11. The second-order valence-corrected chi connectivity index (χ2v) is 5.98.